The predicted octanol–water partition coefficient (Wildman–Crippen LogP) is 1.14. The van der Waals surface area contributed by atoms with Crippen LogP contribution in [0.3, 0.4) is 0 Å². The van der Waals surface area contributed by atoms with Gasteiger partial charge in [0.15, 0.2) is 5.84 Å². The number of likely N-dealkylation sites (N-methyl/N-ethyl adjacent to an activating group) is 1. The van der Waals surface area contributed by atoms with Crippen molar-refractivity contribution >= 4 is 11.7 Å². The first-order valence-electron chi connectivity index (χ1n) is 7.96. The third-order valence-corrected chi connectivity index (χ3v) is 5.12. The zero-order chi connectivity index (χ0) is 15.5. The Balaban J connectivity index is 1.80. The second-order valence-electron chi connectivity index (χ2n) is 6.76. The Hall–Kier alpha value is -1.30. The van der Waals surface area contributed by atoms with Gasteiger partial charge in [0, 0.05) is 19.1 Å². The smallest absolute Gasteiger partial charge is 0.234 e. The van der Waals surface area contributed by atoms with Crippen LogP contribution < -0.4 is 11.1 Å². The number of nitrogens with two attached hydrogens (primary N) is 1. The van der Waals surface area contributed by atoms with Crippen LogP contribution >= 0.6 is 0 Å². The van der Waals surface area contributed by atoms with E-state index in [0.29, 0.717) is 31.3 Å². The van der Waals surface area contributed by atoms with Crippen molar-refractivity contribution in [1.82, 2.24) is 10.2 Å². The molecular weight excluding hydrogens is 268 g/mol. The minimum absolute atomic E-state index is 0.0437. The first-order valence-corrected chi connectivity index (χ1v) is 7.96. The van der Waals surface area contributed by atoms with E-state index in [-0.39, 0.29) is 11.7 Å². The largest absolute Gasteiger partial charge is 0.409 e. The molecule has 2 rings (SSSR count). The van der Waals surface area contributed by atoms with E-state index in [0.717, 1.165) is 6.54 Å². The van der Waals surface area contributed by atoms with E-state index in [4.69, 9.17) is 10.9 Å². The monoisotopic (exact) mass is 296 g/mol. The van der Waals surface area contributed by atoms with Gasteiger partial charge in [0.1, 0.15) is 5.41 Å². The molecule has 0 spiro atoms. The molecule has 0 saturated heterocycles. The van der Waals surface area contributed by atoms with Gasteiger partial charge in [0.2, 0.25) is 5.91 Å². The molecule has 0 heterocycles. The van der Waals surface area contributed by atoms with Crippen LogP contribution in [0.25, 0.3) is 0 Å². The SMILES string of the molecule is CC1CC(C(=O)NCCN(C)C2CCCC2)(C(N)=NO)C1. The molecule has 6 heteroatoms. The lowest BCUT2D eigenvalue weighted by atomic mass is 9.61. The fourth-order valence-corrected chi connectivity index (χ4v) is 3.78. The van der Waals surface area contributed by atoms with Gasteiger partial charge >= 0.3 is 0 Å². The highest BCUT2D eigenvalue weighted by Crippen LogP contribution is 2.45. The molecule has 1 amide bonds. The maximum atomic E-state index is 12.4. The van der Waals surface area contributed by atoms with Crippen molar-refractivity contribution in [3.05, 3.63) is 0 Å². The second kappa shape index (κ2) is 6.64. The molecule has 120 valence electrons. The molecule has 2 aliphatic carbocycles. The number of hydrogen-bond donors (Lipinski definition) is 3. The van der Waals surface area contributed by atoms with Crippen molar-refractivity contribution in [2.45, 2.75) is 51.5 Å². The molecule has 21 heavy (non-hydrogen) atoms. The van der Waals surface area contributed by atoms with E-state index < -0.39 is 5.41 Å². The highest BCUT2D eigenvalue weighted by Gasteiger charge is 2.52. The Kier molecular flexibility index (Phi) is 5.08. The summed E-state index contributed by atoms with van der Waals surface area (Å²) in [6, 6.07) is 0.656. The molecule has 6 nitrogen and oxygen atoms in total. The van der Waals surface area contributed by atoms with Crippen LogP contribution in [0.15, 0.2) is 5.16 Å². The minimum atomic E-state index is -0.792. The number of oxime groups is 1. The summed E-state index contributed by atoms with van der Waals surface area (Å²) >= 11 is 0. The van der Waals surface area contributed by atoms with E-state index in [2.05, 4.69) is 29.3 Å². The van der Waals surface area contributed by atoms with E-state index in [1.165, 1.54) is 25.7 Å². The lowest BCUT2D eigenvalue weighted by molar-refractivity contribution is -0.133. The molecule has 2 aliphatic rings. The molecular formula is C15H28N4O2. The molecule has 0 unspecified atom stereocenters. The van der Waals surface area contributed by atoms with Crippen LogP contribution in [0.4, 0.5) is 0 Å². The molecule has 2 fully saturated rings. The average molecular weight is 296 g/mol. The summed E-state index contributed by atoms with van der Waals surface area (Å²) in [4.78, 5) is 14.7. The summed E-state index contributed by atoms with van der Waals surface area (Å²) < 4.78 is 0. The first-order chi connectivity index (χ1) is 9.99. The van der Waals surface area contributed by atoms with E-state index >= 15 is 0 Å². The Morgan fingerprint density at radius 3 is 2.57 bits per heavy atom. The summed E-state index contributed by atoms with van der Waals surface area (Å²) in [5.74, 6) is 0.384. The fourth-order valence-electron chi connectivity index (χ4n) is 3.78. The molecule has 0 aromatic rings. The van der Waals surface area contributed by atoms with Crippen LogP contribution in [0, 0.1) is 11.3 Å². The number of amidine groups is 1. The van der Waals surface area contributed by atoms with Gasteiger partial charge in [0.05, 0.1) is 0 Å². The summed E-state index contributed by atoms with van der Waals surface area (Å²) in [7, 11) is 2.12. The minimum Gasteiger partial charge on any atom is -0.409 e. The molecule has 0 bridgehead atoms. The quantitative estimate of drug-likeness (QED) is 0.297. The van der Waals surface area contributed by atoms with Gasteiger partial charge in [-0.3, -0.25) is 4.79 Å². The Morgan fingerprint density at radius 2 is 2.05 bits per heavy atom. The van der Waals surface area contributed by atoms with Gasteiger partial charge in [-0.25, -0.2) is 0 Å². The van der Waals surface area contributed by atoms with Crippen LogP contribution in [0.5, 0.6) is 0 Å². The van der Waals surface area contributed by atoms with Crippen molar-refractivity contribution in [3.8, 4) is 0 Å². The second-order valence-corrected chi connectivity index (χ2v) is 6.76. The van der Waals surface area contributed by atoms with Gasteiger partial charge in [-0.2, -0.15) is 0 Å². The number of nitrogens with zero attached hydrogens (tertiary/aromatic N) is 2. The van der Waals surface area contributed by atoms with Gasteiger partial charge in [-0.1, -0.05) is 24.9 Å². The Morgan fingerprint density at radius 1 is 1.43 bits per heavy atom. The summed E-state index contributed by atoms with van der Waals surface area (Å²) in [5.41, 5.74) is 4.94. The number of carbonyl (C=O) groups excluding carboxylic acids is 1. The van der Waals surface area contributed by atoms with Crippen molar-refractivity contribution in [2.24, 2.45) is 22.2 Å². The van der Waals surface area contributed by atoms with Crippen molar-refractivity contribution in [2.75, 3.05) is 20.1 Å². The van der Waals surface area contributed by atoms with Crippen LogP contribution in [-0.4, -0.2) is 48.0 Å². The summed E-state index contributed by atoms with van der Waals surface area (Å²) in [6.45, 7) is 3.53. The van der Waals surface area contributed by atoms with Crippen molar-refractivity contribution in [1.29, 1.82) is 0 Å². The number of hydrogen-bond acceptors (Lipinski definition) is 4. The molecule has 0 radical (unpaired) electrons. The lowest BCUT2D eigenvalue weighted by Crippen LogP contribution is -2.57. The topological polar surface area (TPSA) is 91.0 Å². The standard InChI is InChI=1S/C15H28N4O2/c1-11-9-15(10-11,13(16)18-21)14(20)17-7-8-19(2)12-5-3-4-6-12/h11-12,21H,3-10H2,1-2H3,(H2,16,18)(H,17,20). The normalized spacial score (nSPS) is 30.4. The fraction of sp³-hybridized carbons (Fsp3) is 0.867. The lowest BCUT2D eigenvalue weighted by Gasteiger charge is -2.43. The third kappa shape index (κ3) is 3.31. The van der Waals surface area contributed by atoms with Crippen molar-refractivity contribution in [3.63, 3.8) is 0 Å². The van der Waals surface area contributed by atoms with Crippen molar-refractivity contribution < 1.29 is 10.0 Å². The maximum Gasteiger partial charge on any atom is 0.234 e. The Labute approximate surface area is 126 Å². The maximum absolute atomic E-state index is 12.4. The molecule has 4 N–H and O–H groups in total. The average Bonchev–Trinajstić information content (AvgIpc) is 2.96. The number of amides is 1. The zero-order valence-corrected chi connectivity index (χ0v) is 13.1. The highest BCUT2D eigenvalue weighted by atomic mass is 16.4. The van der Waals surface area contributed by atoms with Gasteiger partial charge in [0.25, 0.3) is 0 Å². The summed E-state index contributed by atoms with van der Waals surface area (Å²) in [6.07, 6.45) is 6.46. The van der Waals surface area contributed by atoms with Crippen LogP contribution in [0.1, 0.15) is 45.4 Å². The molecule has 0 atom stereocenters. The predicted molar refractivity (Wildman–Crippen MR) is 82.1 cm³/mol. The van der Waals surface area contributed by atoms with Gasteiger partial charge in [-0.15, -0.1) is 0 Å². The van der Waals surface area contributed by atoms with Crippen LogP contribution in [0.2, 0.25) is 0 Å². The first kappa shape index (κ1) is 16.1. The number of nitrogens with one attached hydrogen (secondary N) is 1. The van der Waals surface area contributed by atoms with E-state index in [1.807, 2.05) is 0 Å². The van der Waals surface area contributed by atoms with Gasteiger partial charge in [-0.05, 0) is 38.6 Å². The zero-order valence-electron chi connectivity index (χ0n) is 13.1. The molecule has 0 aromatic carbocycles. The number of carbonyl (C=O) groups is 1. The Bertz CT molecular complexity index is 398. The molecule has 2 saturated carbocycles. The van der Waals surface area contributed by atoms with E-state index in [9.17, 15) is 4.79 Å². The third-order valence-electron chi connectivity index (χ3n) is 5.12. The molecule has 0 aromatic heterocycles. The highest BCUT2D eigenvalue weighted by molar-refractivity contribution is 6.07. The number of rotatable bonds is 6. The van der Waals surface area contributed by atoms with Crippen LogP contribution in [-0.2, 0) is 4.79 Å². The van der Waals surface area contributed by atoms with Gasteiger partial charge < -0.3 is 21.2 Å². The summed E-state index contributed by atoms with van der Waals surface area (Å²) in [5, 5.41) is 14.9. The molecule has 0 aliphatic heterocycles. The van der Waals surface area contributed by atoms with E-state index in [1.54, 1.807) is 0 Å².